The first kappa shape index (κ1) is 17.0. The average molecular weight is 369 g/mol. The molecule has 1 aliphatic heterocycles. The van der Waals surface area contributed by atoms with Crippen LogP contribution >= 0.6 is 11.6 Å². The molecular weight excluding hydrogens is 348 g/mol. The van der Waals surface area contributed by atoms with Crippen molar-refractivity contribution < 1.29 is 4.79 Å². The van der Waals surface area contributed by atoms with Crippen molar-refractivity contribution in [2.75, 3.05) is 6.54 Å². The lowest BCUT2D eigenvalue weighted by Crippen LogP contribution is -2.36. The Morgan fingerprint density at radius 2 is 1.96 bits per heavy atom. The number of H-pyrrole nitrogens is 1. The average Bonchev–Trinajstić information content (AvgIpc) is 2.97. The first-order valence-corrected chi connectivity index (χ1v) is 9.11. The highest BCUT2D eigenvalue weighted by Crippen LogP contribution is 2.30. The Morgan fingerprint density at radius 3 is 2.65 bits per heavy atom. The summed E-state index contributed by atoms with van der Waals surface area (Å²) in [7, 11) is 0. The normalized spacial score (nSPS) is 14.5. The van der Waals surface area contributed by atoms with Crippen LogP contribution in [0.1, 0.15) is 48.2 Å². The molecule has 0 saturated carbocycles. The van der Waals surface area contributed by atoms with Gasteiger partial charge in [-0.1, -0.05) is 32.4 Å². The molecule has 3 heterocycles. The molecule has 134 valence electrons. The Labute approximate surface area is 157 Å². The number of nitrogens with zero attached hydrogens (tertiary/aromatic N) is 3. The Bertz CT molecular complexity index is 985. The van der Waals surface area contributed by atoms with Gasteiger partial charge in [-0.3, -0.25) is 4.79 Å². The fourth-order valence-corrected chi connectivity index (χ4v) is 3.57. The van der Waals surface area contributed by atoms with E-state index in [9.17, 15) is 4.79 Å². The minimum atomic E-state index is -0.132. The molecule has 3 aromatic rings. The molecular formula is C20H21ClN4O. The van der Waals surface area contributed by atoms with Crippen LogP contribution in [0.25, 0.3) is 10.9 Å². The third-order valence-corrected chi connectivity index (χ3v) is 5.03. The third-order valence-electron chi connectivity index (χ3n) is 4.79. The number of rotatable bonds is 1. The summed E-state index contributed by atoms with van der Waals surface area (Å²) in [6.07, 6.45) is 4.08. The van der Waals surface area contributed by atoms with Crippen molar-refractivity contribution in [3.8, 4) is 0 Å². The molecule has 1 aromatic carbocycles. The van der Waals surface area contributed by atoms with E-state index in [0.717, 1.165) is 33.9 Å². The highest BCUT2D eigenvalue weighted by Gasteiger charge is 2.26. The predicted molar refractivity (Wildman–Crippen MR) is 102 cm³/mol. The summed E-state index contributed by atoms with van der Waals surface area (Å²) in [5.41, 5.74) is 3.79. The first-order valence-electron chi connectivity index (χ1n) is 8.74. The molecule has 0 bridgehead atoms. The van der Waals surface area contributed by atoms with Gasteiger partial charge in [-0.2, -0.15) is 0 Å². The van der Waals surface area contributed by atoms with Crippen molar-refractivity contribution in [3.63, 3.8) is 0 Å². The Balaban J connectivity index is 1.58. The van der Waals surface area contributed by atoms with E-state index in [0.29, 0.717) is 18.7 Å². The van der Waals surface area contributed by atoms with Crippen LogP contribution in [0.2, 0.25) is 5.02 Å². The standard InChI is InChI=1S/C20H21ClN4O/c1-20(2,3)19-22-9-12(10-23-19)18(26)25-7-6-14-15-8-13(21)4-5-16(15)24-17(14)11-25/h4-5,8-10,24H,6-7,11H2,1-3H3. The van der Waals surface area contributed by atoms with E-state index in [2.05, 4.69) is 35.7 Å². The van der Waals surface area contributed by atoms with Gasteiger partial charge in [-0.15, -0.1) is 0 Å². The monoisotopic (exact) mass is 368 g/mol. The second kappa shape index (κ2) is 6.09. The van der Waals surface area contributed by atoms with Crippen molar-refractivity contribution in [3.05, 3.63) is 58.3 Å². The van der Waals surface area contributed by atoms with Crippen LogP contribution in [0, 0.1) is 0 Å². The molecule has 1 aliphatic rings. The van der Waals surface area contributed by atoms with Crippen LogP contribution < -0.4 is 0 Å². The van der Waals surface area contributed by atoms with Crippen molar-refractivity contribution >= 4 is 28.4 Å². The van der Waals surface area contributed by atoms with E-state index in [-0.39, 0.29) is 11.3 Å². The highest BCUT2D eigenvalue weighted by atomic mass is 35.5. The van der Waals surface area contributed by atoms with Gasteiger partial charge in [0.05, 0.1) is 12.1 Å². The molecule has 0 fully saturated rings. The molecule has 0 spiro atoms. The molecule has 4 rings (SSSR count). The maximum absolute atomic E-state index is 12.9. The maximum atomic E-state index is 12.9. The van der Waals surface area contributed by atoms with Gasteiger partial charge in [0.15, 0.2) is 0 Å². The van der Waals surface area contributed by atoms with Crippen LogP contribution in [0.4, 0.5) is 0 Å². The number of fused-ring (bicyclic) bond motifs is 3. The fourth-order valence-electron chi connectivity index (χ4n) is 3.39. The molecule has 1 amide bonds. The number of halogens is 1. The minimum absolute atomic E-state index is 0.0344. The van der Waals surface area contributed by atoms with E-state index in [1.165, 1.54) is 5.56 Å². The number of aromatic amines is 1. The number of carbonyl (C=O) groups is 1. The zero-order valence-electron chi connectivity index (χ0n) is 15.1. The van der Waals surface area contributed by atoms with Crippen molar-refractivity contribution in [2.24, 2.45) is 0 Å². The van der Waals surface area contributed by atoms with Crippen LogP contribution in [-0.2, 0) is 18.4 Å². The summed E-state index contributed by atoms with van der Waals surface area (Å²) in [6, 6.07) is 5.85. The zero-order chi connectivity index (χ0) is 18.5. The Kier molecular flexibility index (Phi) is 3.99. The summed E-state index contributed by atoms with van der Waals surface area (Å²) in [5, 5.41) is 1.88. The summed E-state index contributed by atoms with van der Waals surface area (Å²) in [6.45, 7) is 7.39. The van der Waals surface area contributed by atoms with Gasteiger partial charge in [0.25, 0.3) is 5.91 Å². The van der Waals surface area contributed by atoms with Crippen molar-refractivity contribution in [1.82, 2.24) is 19.9 Å². The minimum Gasteiger partial charge on any atom is -0.357 e. The summed E-state index contributed by atoms with van der Waals surface area (Å²) in [4.78, 5) is 26.9. The summed E-state index contributed by atoms with van der Waals surface area (Å²) < 4.78 is 0. The predicted octanol–water partition coefficient (Wildman–Crippen LogP) is 4.11. The van der Waals surface area contributed by atoms with Gasteiger partial charge >= 0.3 is 0 Å². The lowest BCUT2D eigenvalue weighted by atomic mass is 9.96. The number of benzene rings is 1. The first-order chi connectivity index (χ1) is 12.3. The Morgan fingerprint density at radius 1 is 1.23 bits per heavy atom. The largest absolute Gasteiger partial charge is 0.357 e. The van der Waals surface area contributed by atoms with Crippen LogP contribution in [0.3, 0.4) is 0 Å². The molecule has 0 aliphatic carbocycles. The van der Waals surface area contributed by atoms with Crippen molar-refractivity contribution in [1.29, 1.82) is 0 Å². The molecule has 0 saturated heterocycles. The van der Waals surface area contributed by atoms with Gasteiger partial charge in [0, 0.05) is 46.0 Å². The number of hydrogen-bond acceptors (Lipinski definition) is 3. The van der Waals surface area contributed by atoms with Crippen LogP contribution in [0.5, 0.6) is 0 Å². The summed E-state index contributed by atoms with van der Waals surface area (Å²) in [5.74, 6) is 0.704. The lowest BCUT2D eigenvalue weighted by Gasteiger charge is -2.27. The smallest absolute Gasteiger partial charge is 0.257 e. The van der Waals surface area contributed by atoms with E-state index in [4.69, 9.17) is 11.6 Å². The molecule has 0 atom stereocenters. The zero-order valence-corrected chi connectivity index (χ0v) is 15.9. The number of hydrogen-bond donors (Lipinski definition) is 1. The number of carbonyl (C=O) groups excluding carboxylic acids is 1. The highest BCUT2D eigenvalue weighted by molar-refractivity contribution is 6.31. The van der Waals surface area contributed by atoms with E-state index in [1.807, 2.05) is 23.1 Å². The van der Waals surface area contributed by atoms with E-state index >= 15 is 0 Å². The topological polar surface area (TPSA) is 61.9 Å². The lowest BCUT2D eigenvalue weighted by molar-refractivity contribution is 0.0732. The van der Waals surface area contributed by atoms with Crippen LogP contribution in [-0.4, -0.2) is 32.3 Å². The van der Waals surface area contributed by atoms with E-state index in [1.54, 1.807) is 12.4 Å². The quantitative estimate of drug-likeness (QED) is 0.703. The molecule has 6 heteroatoms. The number of amides is 1. The van der Waals surface area contributed by atoms with Gasteiger partial charge in [0.1, 0.15) is 5.82 Å². The molecule has 1 N–H and O–H groups in total. The van der Waals surface area contributed by atoms with Gasteiger partial charge in [-0.05, 0) is 30.2 Å². The maximum Gasteiger partial charge on any atom is 0.257 e. The molecule has 26 heavy (non-hydrogen) atoms. The van der Waals surface area contributed by atoms with E-state index < -0.39 is 0 Å². The SMILES string of the molecule is CC(C)(C)c1ncc(C(=O)N2CCc3c([nH]c4ccc(Cl)cc34)C2)cn1. The molecule has 2 aromatic heterocycles. The van der Waals surface area contributed by atoms with Gasteiger partial charge in [0.2, 0.25) is 0 Å². The van der Waals surface area contributed by atoms with Gasteiger partial charge < -0.3 is 9.88 Å². The second-order valence-electron chi connectivity index (χ2n) is 7.79. The molecule has 0 unspecified atom stereocenters. The van der Waals surface area contributed by atoms with Crippen molar-refractivity contribution in [2.45, 2.75) is 39.2 Å². The van der Waals surface area contributed by atoms with Crippen LogP contribution in [0.15, 0.2) is 30.6 Å². The molecule has 0 radical (unpaired) electrons. The third kappa shape index (κ3) is 2.97. The second-order valence-corrected chi connectivity index (χ2v) is 8.23. The number of nitrogens with one attached hydrogen (secondary N) is 1. The fraction of sp³-hybridized carbons (Fsp3) is 0.350. The molecule has 5 nitrogen and oxygen atoms in total. The summed E-state index contributed by atoms with van der Waals surface area (Å²) >= 11 is 6.13. The Hall–Kier alpha value is -2.40. The number of aromatic nitrogens is 3. The van der Waals surface area contributed by atoms with Gasteiger partial charge in [-0.25, -0.2) is 9.97 Å².